The van der Waals surface area contributed by atoms with Gasteiger partial charge in [0, 0.05) is 18.0 Å². The molecule has 1 amide bonds. The average molecular weight is 224 g/mol. The maximum absolute atomic E-state index is 11.4. The van der Waals surface area contributed by atoms with E-state index in [9.17, 15) is 4.79 Å². The van der Waals surface area contributed by atoms with Crippen molar-refractivity contribution in [2.75, 3.05) is 13.6 Å². The molecule has 3 nitrogen and oxygen atoms in total. The summed E-state index contributed by atoms with van der Waals surface area (Å²) in [5, 5.41) is 6.13. The van der Waals surface area contributed by atoms with Crippen LogP contribution in [0.4, 0.5) is 0 Å². The number of carbonyl (C=O) groups is 1. The molecule has 2 N–H and O–H groups in total. The Morgan fingerprint density at radius 3 is 3.07 bits per heavy atom. The lowest BCUT2D eigenvalue weighted by atomic mass is 10.0. The van der Waals surface area contributed by atoms with Crippen molar-refractivity contribution in [1.82, 2.24) is 10.6 Å². The topological polar surface area (TPSA) is 41.1 Å². The van der Waals surface area contributed by atoms with Crippen molar-refractivity contribution in [1.29, 1.82) is 0 Å². The molecule has 1 aromatic heterocycles. The molecule has 0 saturated carbocycles. The number of rotatable bonds is 2. The average Bonchev–Trinajstić information content (AvgIpc) is 2.78. The zero-order valence-electron chi connectivity index (χ0n) is 8.88. The van der Waals surface area contributed by atoms with E-state index < -0.39 is 0 Å². The number of thiophene rings is 1. The Morgan fingerprint density at radius 2 is 2.40 bits per heavy atom. The van der Waals surface area contributed by atoms with Crippen LogP contribution in [-0.4, -0.2) is 19.5 Å². The molecule has 1 atom stereocenters. The van der Waals surface area contributed by atoms with Gasteiger partial charge in [-0.05, 0) is 31.5 Å². The van der Waals surface area contributed by atoms with E-state index >= 15 is 0 Å². The predicted molar refractivity (Wildman–Crippen MR) is 62.3 cm³/mol. The molecule has 0 aliphatic carbocycles. The van der Waals surface area contributed by atoms with E-state index in [2.05, 4.69) is 16.7 Å². The van der Waals surface area contributed by atoms with Crippen LogP contribution in [0.2, 0.25) is 0 Å². The molecule has 1 aromatic rings. The first-order valence-electron chi connectivity index (χ1n) is 5.36. The summed E-state index contributed by atoms with van der Waals surface area (Å²) in [6.07, 6.45) is 3.74. The van der Waals surface area contributed by atoms with E-state index in [1.165, 1.54) is 24.1 Å². The lowest BCUT2D eigenvalue weighted by Gasteiger charge is -2.22. The zero-order chi connectivity index (χ0) is 10.7. The van der Waals surface area contributed by atoms with Crippen LogP contribution in [0.25, 0.3) is 0 Å². The van der Waals surface area contributed by atoms with Crippen molar-refractivity contribution in [2.45, 2.75) is 25.3 Å². The highest BCUT2D eigenvalue weighted by atomic mass is 32.1. The van der Waals surface area contributed by atoms with Crippen LogP contribution in [0, 0.1) is 0 Å². The van der Waals surface area contributed by atoms with Crippen molar-refractivity contribution in [3.8, 4) is 0 Å². The van der Waals surface area contributed by atoms with Crippen molar-refractivity contribution < 1.29 is 4.79 Å². The number of piperidine rings is 1. The van der Waals surface area contributed by atoms with Crippen LogP contribution >= 0.6 is 11.3 Å². The Bertz CT molecular complexity index is 342. The van der Waals surface area contributed by atoms with Gasteiger partial charge < -0.3 is 10.6 Å². The van der Waals surface area contributed by atoms with Gasteiger partial charge in [0.2, 0.25) is 0 Å². The molecule has 4 heteroatoms. The largest absolute Gasteiger partial charge is 0.354 e. The molecule has 1 fully saturated rings. The lowest BCUT2D eigenvalue weighted by Crippen LogP contribution is -2.25. The second kappa shape index (κ2) is 4.77. The molecule has 0 radical (unpaired) electrons. The van der Waals surface area contributed by atoms with Crippen LogP contribution in [0.5, 0.6) is 0 Å². The van der Waals surface area contributed by atoms with Crippen LogP contribution < -0.4 is 10.6 Å². The Hall–Kier alpha value is -0.870. The summed E-state index contributed by atoms with van der Waals surface area (Å²) in [5.74, 6) is 0.0158. The van der Waals surface area contributed by atoms with Gasteiger partial charge in [-0.15, -0.1) is 11.3 Å². The Labute approximate surface area is 93.9 Å². The zero-order valence-corrected chi connectivity index (χ0v) is 9.69. The van der Waals surface area contributed by atoms with E-state index in [0.717, 1.165) is 11.4 Å². The van der Waals surface area contributed by atoms with E-state index in [1.54, 1.807) is 18.4 Å². The molecular weight excluding hydrogens is 208 g/mol. The molecule has 0 spiro atoms. The highest BCUT2D eigenvalue weighted by Crippen LogP contribution is 2.28. The summed E-state index contributed by atoms with van der Waals surface area (Å²) in [6, 6.07) is 4.44. The normalized spacial score (nSPS) is 21.3. The quantitative estimate of drug-likeness (QED) is 0.806. The molecule has 0 bridgehead atoms. The lowest BCUT2D eigenvalue weighted by molar-refractivity contribution is 0.0967. The van der Waals surface area contributed by atoms with Crippen LogP contribution in [0.15, 0.2) is 12.1 Å². The summed E-state index contributed by atoms with van der Waals surface area (Å²) in [4.78, 5) is 13.5. The van der Waals surface area contributed by atoms with Crippen LogP contribution in [-0.2, 0) is 0 Å². The number of hydrogen-bond acceptors (Lipinski definition) is 3. The third-order valence-corrected chi connectivity index (χ3v) is 3.93. The smallest absolute Gasteiger partial charge is 0.261 e. The fourth-order valence-corrected chi connectivity index (χ4v) is 2.94. The Kier molecular flexibility index (Phi) is 3.38. The van der Waals surface area contributed by atoms with Gasteiger partial charge in [0.1, 0.15) is 0 Å². The van der Waals surface area contributed by atoms with Crippen molar-refractivity contribution in [3.05, 3.63) is 21.9 Å². The summed E-state index contributed by atoms with van der Waals surface area (Å²) in [6.45, 7) is 1.10. The molecule has 82 valence electrons. The number of nitrogens with one attached hydrogen (secondary N) is 2. The van der Waals surface area contributed by atoms with Gasteiger partial charge >= 0.3 is 0 Å². The van der Waals surface area contributed by atoms with E-state index in [0.29, 0.717) is 6.04 Å². The number of carbonyl (C=O) groups excluding carboxylic acids is 1. The van der Waals surface area contributed by atoms with Crippen LogP contribution in [0.1, 0.15) is 39.9 Å². The molecule has 2 rings (SSSR count). The second-order valence-corrected chi connectivity index (χ2v) is 4.90. The SMILES string of the molecule is CNC(=O)c1ccc([C@@H]2CCCCN2)s1. The first-order chi connectivity index (χ1) is 7.31. The van der Waals surface area contributed by atoms with Gasteiger partial charge in [0.15, 0.2) is 0 Å². The van der Waals surface area contributed by atoms with Crippen molar-refractivity contribution in [3.63, 3.8) is 0 Å². The monoisotopic (exact) mass is 224 g/mol. The van der Waals surface area contributed by atoms with Gasteiger partial charge in [-0.1, -0.05) is 6.42 Å². The molecule has 1 aliphatic rings. The van der Waals surface area contributed by atoms with Gasteiger partial charge in [-0.3, -0.25) is 4.79 Å². The third-order valence-electron chi connectivity index (χ3n) is 2.73. The van der Waals surface area contributed by atoms with Gasteiger partial charge in [0.25, 0.3) is 5.91 Å². The standard InChI is InChI=1S/C11H16N2OS/c1-12-11(14)10-6-5-9(15-10)8-4-2-3-7-13-8/h5-6,8,13H,2-4,7H2,1H3,(H,12,14)/t8-/m0/s1. The molecule has 0 unspecified atom stereocenters. The molecule has 1 aliphatic heterocycles. The summed E-state index contributed by atoms with van der Waals surface area (Å²) in [5.41, 5.74) is 0. The maximum atomic E-state index is 11.4. The minimum Gasteiger partial charge on any atom is -0.354 e. The number of amides is 1. The minimum atomic E-state index is 0.0158. The number of hydrogen-bond donors (Lipinski definition) is 2. The molecule has 1 saturated heterocycles. The predicted octanol–water partition coefficient (Wildman–Crippen LogP) is 1.92. The summed E-state index contributed by atoms with van der Waals surface area (Å²) >= 11 is 1.60. The van der Waals surface area contributed by atoms with Crippen molar-refractivity contribution >= 4 is 17.2 Å². The highest BCUT2D eigenvalue weighted by molar-refractivity contribution is 7.14. The van der Waals surface area contributed by atoms with E-state index in [1.807, 2.05) is 6.07 Å². The van der Waals surface area contributed by atoms with E-state index in [4.69, 9.17) is 0 Å². The summed E-state index contributed by atoms with van der Waals surface area (Å²) in [7, 11) is 1.67. The molecule has 15 heavy (non-hydrogen) atoms. The van der Waals surface area contributed by atoms with E-state index in [-0.39, 0.29) is 5.91 Å². The van der Waals surface area contributed by atoms with Gasteiger partial charge in [-0.2, -0.15) is 0 Å². The van der Waals surface area contributed by atoms with Gasteiger partial charge in [-0.25, -0.2) is 0 Å². The second-order valence-electron chi connectivity index (χ2n) is 3.78. The fourth-order valence-electron chi connectivity index (χ4n) is 1.88. The highest BCUT2D eigenvalue weighted by Gasteiger charge is 2.17. The fraction of sp³-hybridized carbons (Fsp3) is 0.545. The first-order valence-corrected chi connectivity index (χ1v) is 6.18. The van der Waals surface area contributed by atoms with Gasteiger partial charge in [0.05, 0.1) is 4.88 Å². The Balaban J connectivity index is 2.08. The molecule has 2 heterocycles. The Morgan fingerprint density at radius 1 is 1.53 bits per heavy atom. The maximum Gasteiger partial charge on any atom is 0.261 e. The van der Waals surface area contributed by atoms with Crippen LogP contribution in [0.3, 0.4) is 0 Å². The third kappa shape index (κ3) is 2.38. The van der Waals surface area contributed by atoms with Crippen molar-refractivity contribution in [2.24, 2.45) is 0 Å². The summed E-state index contributed by atoms with van der Waals surface area (Å²) < 4.78 is 0. The molecule has 0 aromatic carbocycles. The first kappa shape index (κ1) is 10.6. The molecular formula is C11H16N2OS. The minimum absolute atomic E-state index is 0.0158.